The van der Waals surface area contributed by atoms with Gasteiger partial charge in [-0.3, -0.25) is 9.59 Å². The summed E-state index contributed by atoms with van der Waals surface area (Å²) in [6, 6.07) is 11.0. The highest BCUT2D eigenvalue weighted by atomic mass is 19.4. The van der Waals surface area contributed by atoms with E-state index < -0.39 is 42.7 Å². The average Bonchev–Trinajstić information content (AvgIpc) is 3.08. The second-order valence-corrected chi connectivity index (χ2v) is 7.66. The van der Waals surface area contributed by atoms with E-state index in [0.717, 1.165) is 22.3 Å². The Morgan fingerprint density at radius 1 is 1.00 bits per heavy atom. The van der Waals surface area contributed by atoms with Gasteiger partial charge in [0.15, 0.2) is 0 Å². The van der Waals surface area contributed by atoms with Gasteiger partial charge in [-0.25, -0.2) is 4.79 Å². The number of rotatable bonds is 8. The summed E-state index contributed by atoms with van der Waals surface area (Å²) < 4.78 is 45.4. The van der Waals surface area contributed by atoms with E-state index in [0.29, 0.717) is 0 Å². The molecule has 2 aromatic carbocycles. The molecule has 0 saturated carbocycles. The van der Waals surface area contributed by atoms with Crippen molar-refractivity contribution < 1.29 is 37.4 Å². The molecule has 176 valence electrons. The van der Waals surface area contributed by atoms with Crippen molar-refractivity contribution in [1.82, 2.24) is 10.6 Å². The van der Waals surface area contributed by atoms with Gasteiger partial charge >= 0.3 is 18.2 Å². The predicted octanol–water partition coefficient (Wildman–Crippen LogP) is 3.83. The van der Waals surface area contributed by atoms with E-state index in [1.54, 1.807) is 5.32 Å². The maximum atomic E-state index is 13.4. The molecule has 3 rings (SSSR count). The molecule has 0 bridgehead atoms. The Morgan fingerprint density at radius 3 is 2.03 bits per heavy atom. The van der Waals surface area contributed by atoms with E-state index in [4.69, 9.17) is 9.84 Å². The molecule has 0 radical (unpaired) electrons. The Labute approximate surface area is 187 Å². The number of hydrogen-bond donors (Lipinski definition) is 3. The van der Waals surface area contributed by atoms with Crippen molar-refractivity contribution in [3.05, 3.63) is 59.7 Å². The van der Waals surface area contributed by atoms with Crippen LogP contribution in [0, 0.1) is 0 Å². The van der Waals surface area contributed by atoms with Crippen LogP contribution in [0.4, 0.5) is 18.0 Å². The van der Waals surface area contributed by atoms with Crippen LogP contribution in [0.25, 0.3) is 11.1 Å². The van der Waals surface area contributed by atoms with Crippen LogP contribution < -0.4 is 10.6 Å². The normalized spacial score (nSPS) is 14.5. The second kappa shape index (κ2) is 9.93. The Hall–Kier alpha value is -3.56. The van der Waals surface area contributed by atoms with Crippen LogP contribution in [0.5, 0.6) is 0 Å². The lowest BCUT2D eigenvalue weighted by molar-refractivity contribution is -0.168. The third-order valence-corrected chi connectivity index (χ3v) is 5.46. The summed E-state index contributed by atoms with van der Waals surface area (Å²) in [5.41, 5.74) is 3.68. The molecule has 7 nitrogen and oxygen atoms in total. The quantitative estimate of drug-likeness (QED) is 0.551. The zero-order valence-corrected chi connectivity index (χ0v) is 17.7. The lowest BCUT2D eigenvalue weighted by Gasteiger charge is -2.24. The fourth-order valence-corrected chi connectivity index (χ4v) is 3.85. The first kappa shape index (κ1) is 24.1. The number of carbonyl (C=O) groups excluding carboxylic acids is 2. The van der Waals surface area contributed by atoms with Crippen molar-refractivity contribution >= 4 is 18.0 Å². The Morgan fingerprint density at radius 2 is 1.55 bits per heavy atom. The summed E-state index contributed by atoms with van der Waals surface area (Å²) in [6.07, 6.45) is -6.94. The SMILES string of the molecule is CCC(CC(=O)O)NC(=O)C(NC(=O)OCC1c2ccccc2-c2ccccc21)C(F)(F)F. The van der Waals surface area contributed by atoms with Crippen LogP contribution in [-0.4, -0.2) is 47.9 Å². The van der Waals surface area contributed by atoms with E-state index in [1.165, 1.54) is 6.92 Å². The Kier molecular flexibility index (Phi) is 7.25. The van der Waals surface area contributed by atoms with E-state index in [1.807, 2.05) is 53.8 Å². The molecule has 2 unspecified atom stereocenters. The summed E-state index contributed by atoms with van der Waals surface area (Å²) in [5, 5.41) is 12.4. The van der Waals surface area contributed by atoms with Gasteiger partial charge in [-0.1, -0.05) is 55.5 Å². The summed E-state index contributed by atoms with van der Waals surface area (Å²) in [7, 11) is 0. The van der Waals surface area contributed by atoms with Gasteiger partial charge in [-0.05, 0) is 28.7 Å². The molecule has 0 heterocycles. The molecule has 2 amide bonds. The fourth-order valence-electron chi connectivity index (χ4n) is 3.85. The number of benzene rings is 2. The highest BCUT2D eigenvalue weighted by molar-refractivity contribution is 5.87. The zero-order valence-electron chi connectivity index (χ0n) is 17.7. The predicted molar refractivity (Wildman–Crippen MR) is 113 cm³/mol. The number of ether oxygens (including phenoxy) is 1. The van der Waals surface area contributed by atoms with Gasteiger partial charge in [0.2, 0.25) is 6.04 Å². The molecule has 1 aliphatic rings. The van der Waals surface area contributed by atoms with E-state index in [-0.39, 0.29) is 18.9 Å². The van der Waals surface area contributed by atoms with Crippen molar-refractivity contribution in [2.75, 3.05) is 6.61 Å². The minimum Gasteiger partial charge on any atom is -0.481 e. The van der Waals surface area contributed by atoms with Gasteiger partial charge in [0, 0.05) is 12.0 Å². The lowest BCUT2D eigenvalue weighted by atomic mass is 9.98. The van der Waals surface area contributed by atoms with Crippen LogP contribution >= 0.6 is 0 Å². The first-order chi connectivity index (χ1) is 15.6. The van der Waals surface area contributed by atoms with Gasteiger partial charge in [0.05, 0.1) is 6.42 Å². The molecule has 1 aliphatic carbocycles. The molecule has 2 aromatic rings. The molecule has 2 atom stereocenters. The Bertz CT molecular complexity index is 995. The van der Waals surface area contributed by atoms with Gasteiger partial charge < -0.3 is 20.5 Å². The molecular formula is C23H23F3N2O5. The van der Waals surface area contributed by atoms with Gasteiger partial charge in [0.25, 0.3) is 5.91 Å². The van der Waals surface area contributed by atoms with Gasteiger partial charge in [-0.15, -0.1) is 0 Å². The maximum Gasteiger partial charge on any atom is 0.417 e. The molecule has 0 fully saturated rings. The standard InChI is InChI=1S/C23H23F3N2O5/c1-2-13(11-19(29)30)27-21(31)20(23(24,25)26)28-22(32)33-12-18-16-9-5-3-7-14(16)15-8-4-6-10-17(15)18/h3-10,13,18,20H,2,11-12H2,1H3,(H,27,31)(H,28,32)(H,29,30). The van der Waals surface area contributed by atoms with E-state index >= 15 is 0 Å². The monoisotopic (exact) mass is 464 g/mol. The number of aliphatic carboxylic acids is 1. The molecule has 0 aromatic heterocycles. The van der Waals surface area contributed by atoms with Gasteiger partial charge in [-0.2, -0.15) is 13.2 Å². The number of amides is 2. The minimum atomic E-state index is -5.10. The topological polar surface area (TPSA) is 105 Å². The molecule has 3 N–H and O–H groups in total. The first-order valence-electron chi connectivity index (χ1n) is 10.3. The van der Waals surface area contributed by atoms with Crippen LogP contribution in [0.3, 0.4) is 0 Å². The summed E-state index contributed by atoms with van der Waals surface area (Å²) >= 11 is 0. The summed E-state index contributed by atoms with van der Waals surface area (Å²) in [6.45, 7) is 1.30. The fraction of sp³-hybridized carbons (Fsp3) is 0.348. The van der Waals surface area contributed by atoms with Crippen LogP contribution in [0.15, 0.2) is 48.5 Å². The highest BCUT2D eigenvalue weighted by Crippen LogP contribution is 2.44. The highest BCUT2D eigenvalue weighted by Gasteiger charge is 2.47. The smallest absolute Gasteiger partial charge is 0.417 e. The number of carboxylic acids is 1. The zero-order chi connectivity index (χ0) is 24.2. The minimum absolute atomic E-state index is 0.105. The van der Waals surface area contributed by atoms with Crippen LogP contribution in [-0.2, 0) is 14.3 Å². The number of carboxylic acid groups (broad SMARTS) is 1. The summed E-state index contributed by atoms with van der Waals surface area (Å²) in [5.74, 6) is -3.18. The number of halogens is 3. The van der Waals surface area contributed by atoms with Crippen molar-refractivity contribution in [1.29, 1.82) is 0 Å². The lowest BCUT2D eigenvalue weighted by Crippen LogP contribution is -2.57. The average molecular weight is 464 g/mol. The number of hydrogen-bond acceptors (Lipinski definition) is 4. The molecular weight excluding hydrogens is 441 g/mol. The first-order valence-corrected chi connectivity index (χ1v) is 10.3. The second-order valence-electron chi connectivity index (χ2n) is 7.66. The number of alkyl halides is 3. The van der Waals surface area contributed by atoms with E-state index in [9.17, 15) is 27.6 Å². The molecule has 10 heteroatoms. The number of fused-ring (bicyclic) bond motifs is 3. The summed E-state index contributed by atoms with van der Waals surface area (Å²) in [4.78, 5) is 35.2. The van der Waals surface area contributed by atoms with Crippen molar-refractivity contribution in [2.45, 2.75) is 43.9 Å². The van der Waals surface area contributed by atoms with Crippen molar-refractivity contribution in [3.63, 3.8) is 0 Å². The number of nitrogens with one attached hydrogen (secondary N) is 2. The van der Waals surface area contributed by atoms with Gasteiger partial charge in [0.1, 0.15) is 6.61 Å². The largest absolute Gasteiger partial charge is 0.481 e. The molecule has 0 aliphatic heterocycles. The molecule has 0 saturated heterocycles. The molecule has 33 heavy (non-hydrogen) atoms. The molecule has 0 spiro atoms. The van der Waals surface area contributed by atoms with E-state index in [2.05, 4.69) is 0 Å². The van der Waals surface area contributed by atoms with Crippen molar-refractivity contribution in [3.8, 4) is 11.1 Å². The third-order valence-electron chi connectivity index (χ3n) is 5.46. The van der Waals surface area contributed by atoms with Crippen LogP contribution in [0.2, 0.25) is 0 Å². The number of carbonyl (C=O) groups is 3. The maximum absolute atomic E-state index is 13.4. The Balaban J connectivity index is 1.68. The number of alkyl carbamates (subject to hydrolysis) is 1. The van der Waals surface area contributed by atoms with Crippen LogP contribution in [0.1, 0.15) is 36.8 Å². The van der Waals surface area contributed by atoms with Crippen molar-refractivity contribution in [2.24, 2.45) is 0 Å². The third kappa shape index (κ3) is 5.63.